The second-order valence-electron chi connectivity index (χ2n) is 6.10. The van der Waals surface area contributed by atoms with Crippen LogP contribution in [0.5, 0.6) is 0 Å². The molecule has 0 unspecified atom stereocenters. The Morgan fingerprint density at radius 2 is 1.88 bits per heavy atom. The van der Waals surface area contributed by atoms with E-state index in [2.05, 4.69) is 40.9 Å². The number of benzene rings is 1. The van der Waals surface area contributed by atoms with Crippen LogP contribution in [-0.4, -0.2) is 16.6 Å². The lowest BCUT2D eigenvalue weighted by Gasteiger charge is -2.20. The van der Waals surface area contributed by atoms with Crippen molar-refractivity contribution in [1.29, 1.82) is 0 Å². The molecule has 0 aliphatic carbocycles. The Balaban J connectivity index is 0.00000225. The van der Waals surface area contributed by atoms with E-state index in [1.165, 1.54) is 28.8 Å². The summed E-state index contributed by atoms with van der Waals surface area (Å²) in [4.78, 5) is 6.70. The molecule has 2 heterocycles. The molecule has 0 fully saturated rings. The minimum atomic E-state index is -0.224. The maximum absolute atomic E-state index is 13.1. The summed E-state index contributed by atoms with van der Waals surface area (Å²) in [5, 5.41) is 1.23. The highest BCUT2D eigenvalue weighted by Crippen LogP contribution is 2.28. The molecule has 5 heteroatoms. The first kappa shape index (κ1) is 19.0. The Morgan fingerprint density at radius 1 is 1.20 bits per heavy atom. The molecule has 0 atom stereocenters. The minimum Gasteiger partial charge on any atom is -0.369 e. The molecule has 0 aliphatic heterocycles. The van der Waals surface area contributed by atoms with E-state index < -0.39 is 0 Å². The number of nitrogens with zero attached hydrogens (tertiary/aromatic N) is 3. The van der Waals surface area contributed by atoms with E-state index in [0.29, 0.717) is 6.54 Å². The number of fused-ring (bicyclic) bond motifs is 1. The van der Waals surface area contributed by atoms with Crippen LogP contribution in [0.1, 0.15) is 17.0 Å². The van der Waals surface area contributed by atoms with Crippen LogP contribution >= 0.6 is 12.4 Å². The van der Waals surface area contributed by atoms with E-state index in [-0.39, 0.29) is 18.2 Å². The van der Waals surface area contributed by atoms with Crippen LogP contribution < -0.4 is 4.90 Å². The molecule has 2 aromatic heterocycles. The van der Waals surface area contributed by atoms with Gasteiger partial charge in [0.2, 0.25) is 0 Å². The molecule has 1 aromatic carbocycles. The van der Waals surface area contributed by atoms with Gasteiger partial charge in [-0.15, -0.1) is 19.0 Å². The summed E-state index contributed by atoms with van der Waals surface area (Å²) in [5.41, 5.74) is 5.65. The topological polar surface area (TPSA) is 21.1 Å². The van der Waals surface area contributed by atoms with Crippen molar-refractivity contribution in [3.8, 4) is 0 Å². The molecule has 0 amide bonds. The van der Waals surface area contributed by atoms with Crippen molar-refractivity contribution >= 4 is 29.0 Å². The van der Waals surface area contributed by atoms with Crippen LogP contribution in [0.25, 0.3) is 10.9 Å². The number of hydrogen-bond acceptors (Lipinski definition) is 2. The van der Waals surface area contributed by atoms with Crippen molar-refractivity contribution in [3.05, 3.63) is 72.0 Å². The van der Waals surface area contributed by atoms with Gasteiger partial charge in [0.25, 0.3) is 0 Å². The van der Waals surface area contributed by atoms with E-state index in [1.807, 2.05) is 19.3 Å². The van der Waals surface area contributed by atoms with Crippen molar-refractivity contribution in [2.24, 2.45) is 0 Å². The van der Waals surface area contributed by atoms with Gasteiger partial charge in [-0.1, -0.05) is 6.08 Å². The Hall–Kier alpha value is -2.33. The summed E-state index contributed by atoms with van der Waals surface area (Å²) in [5.74, 6) is -0.224. The summed E-state index contributed by atoms with van der Waals surface area (Å²) < 4.78 is 15.4. The number of allylic oxidation sites excluding steroid dienone is 1. The summed E-state index contributed by atoms with van der Waals surface area (Å²) >= 11 is 0. The lowest BCUT2D eigenvalue weighted by molar-refractivity contribution is 0.627. The predicted octanol–water partition coefficient (Wildman–Crippen LogP) is 5.04. The van der Waals surface area contributed by atoms with Crippen LogP contribution in [-0.2, 0) is 13.1 Å². The standard InChI is InChI=1S/C20H22FN3.ClH/c1-5-12-24-15(3)14(2)18-10-11-22-19(20(18)24)13-23(4)17-8-6-16(21)7-9-17;/h5-11H,1,12-13H2,2-4H3;1H. The number of aryl methyl sites for hydroxylation is 1. The zero-order chi connectivity index (χ0) is 17.3. The maximum atomic E-state index is 13.1. The lowest BCUT2D eigenvalue weighted by Crippen LogP contribution is -2.18. The molecule has 3 rings (SSSR count). The molecular weight excluding hydrogens is 337 g/mol. The van der Waals surface area contributed by atoms with Crippen molar-refractivity contribution < 1.29 is 4.39 Å². The number of rotatable bonds is 5. The Kier molecular flexibility index (Phi) is 5.85. The van der Waals surface area contributed by atoms with E-state index in [4.69, 9.17) is 0 Å². The molecule has 0 bridgehead atoms. The Bertz CT molecular complexity index is 884. The fourth-order valence-corrected chi connectivity index (χ4v) is 3.15. The van der Waals surface area contributed by atoms with Crippen molar-refractivity contribution in [1.82, 2.24) is 9.55 Å². The second-order valence-corrected chi connectivity index (χ2v) is 6.10. The van der Waals surface area contributed by atoms with E-state index in [0.717, 1.165) is 23.4 Å². The van der Waals surface area contributed by atoms with Gasteiger partial charge in [0, 0.05) is 36.6 Å². The summed E-state index contributed by atoms with van der Waals surface area (Å²) in [7, 11) is 1.99. The molecule has 0 radical (unpaired) electrons. The monoisotopic (exact) mass is 359 g/mol. The van der Waals surface area contributed by atoms with Gasteiger partial charge >= 0.3 is 0 Å². The van der Waals surface area contributed by atoms with E-state index >= 15 is 0 Å². The molecule has 0 saturated carbocycles. The van der Waals surface area contributed by atoms with Gasteiger partial charge in [-0.25, -0.2) is 4.39 Å². The van der Waals surface area contributed by atoms with Gasteiger partial charge in [-0.3, -0.25) is 4.98 Å². The highest BCUT2D eigenvalue weighted by Gasteiger charge is 2.15. The lowest BCUT2D eigenvalue weighted by atomic mass is 10.1. The fourth-order valence-electron chi connectivity index (χ4n) is 3.15. The first-order valence-corrected chi connectivity index (χ1v) is 8.03. The van der Waals surface area contributed by atoms with Gasteiger partial charge in [-0.2, -0.15) is 0 Å². The zero-order valence-corrected chi connectivity index (χ0v) is 15.6. The third-order valence-electron chi connectivity index (χ3n) is 4.59. The fraction of sp³-hybridized carbons (Fsp3) is 0.250. The van der Waals surface area contributed by atoms with Crippen LogP contribution in [0, 0.1) is 19.7 Å². The van der Waals surface area contributed by atoms with Crippen LogP contribution in [0.3, 0.4) is 0 Å². The number of hydrogen-bond donors (Lipinski definition) is 0. The number of halogens is 2. The van der Waals surface area contributed by atoms with Gasteiger partial charge in [0.05, 0.1) is 17.8 Å². The summed E-state index contributed by atoms with van der Waals surface area (Å²) in [6.45, 7) is 9.56. The maximum Gasteiger partial charge on any atom is 0.123 e. The van der Waals surface area contributed by atoms with Crippen molar-refractivity contribution in [3.63, 3.8) is 0 Å². The average molecular weight is 360 g/mol. The smallest absolute Gasteiger partial charge is 0.123 e. The molecule has 132 valence electrons. The van der Waals surface area contributed by atoms with Gasteiger partial charge in [0.1, 0.15) is 5.82 Å². The normalized spacial score (nSPS) is 10.6. The molecule has 0 aliphatic rings. The Labute approximate surface area is 154 Å². The summed E-state index contributed by atoms with van der Waals surface area (Å²) in [6.07, 6.45) is 3.77. The second kappa shape index (κ2) is 7.70. The largest absolute Gasteiger partial charge is 0.369 e. The summed E-state index contributed by atoms with van der Waals surface area (Å²) in [6, 6.07) is 8.60. The molecule has 3 nitrogen and oxygen atoms in total. The van der Waals surface area contributed by atoms with Gasteiger partial charge in [0.15, 0.2) is 0 Å². The first-order chi connectivity index (χ1) is 11.5. The van der Waals surface area contributed by atoms with Gasteiger partial charge < -0.3 is 9.47 Å². The average Bonchev–Trinajstić information content (AvgIpc) is 2.82. The van der Waals surface area contributed by atoms with Gasteiger partial charge in [-0.05, 0) is 49.7 Å². The van der Waals surface area contributed by atoms with Crippen LogP contribution in [0.4, 0.5) is 10.1 Å². The molecule has 0 spiro atoms. The first-order valence-electron chi connectivity index (χ1n) is 8.03. The number of aromatic nitrogens is 2. The molecular formula is C20H23ClFN3. The molecule has 0 N–H and O–H groups in total. The quantitative estimate of drug-likeness (QED) is 0.595. The zero-order valence-electron chi connectivity index (χ0n) is 14.8. The molecule has 3 aromatic rings. The molecule has 25 heavy (non-hydrogen) atoms. The van der Waals surface area contributed by atoms with Crippen LogP contribution in [0.15, 0.2) is 49.2 Å². The highest BCUT2D eigenvalue weighted by atomic mass is 35.5. The number of pyridine rings is 1. The van der Waals surface area contributed by atoms with E-state index in [1.54, 1.807) is 12.1 Å². The van der Waals surface area contributed by atoms with E-state index in [9.17, 15) is 4.39 Å². The van der Waals surface area contributed by atoms with Crippen LogP contribution in [0.2, 0.25) is 0 Å². The Morgan fingerprint density at radius 3 is 2.52 bits per heavy atom. The molecule has 0 saturated heterocycles. The predicted molar refractivity (Wildman–Crippen MR) is 105 cm³/mol. The minimum absolute atomic E-state index is 0. The third-order valence-corrected chi connectivity index (χ3v) is 4.59. The number of anilines is 1. The highest BCUT2D eigenvalue weighted by molar-refractivity contribution is 5.87. The van der Waals surface area contributed by atoms with Crippen molar-refractivity contribution in [2.45, 2.75) is 26.9 Å². The van der Waals surface area contributed by atoms with Crippen molar-refractivity contribution in [2.75, 3.05) is 11.9 Å². The SMILES string of the molecule is C=CCn1c(C)c(C)c2ccnc(CN(C)c3ccc(F)cc3)c21.Cl. The third kappa shape index (κ3) is 3.54.